The number of anilines is 1. The maximum atomic E-state index is 14.2. The third-order valence-corrected chi connectivity index (χ3v) is 4.22. The van der Waals surface area contributed by atoms with Crippen LogP contribution < -0.4 is 5.32 Å². The number of rotatable bonds is 3. The van der Waals surface area contributed by atoms with Gasteiger partial charge in [0.1, 0.15) is 18.1 Å². The molecule has 0 radical (unpaired) electrons. The number of nitrogens with one attached hydrogen (secondary N) is 1. The normalized spacial score (nSPS) is 16.6. The second kappa shape index (κ2) is 5.80. The van der Waals surface area contributed by atoms with Gasteiger partial charge >= 0.3 is 0 Å². The van der Waals surface area contributed by atoms with E-state index in [1.54, 1.807) is 12.1 Å². The number of carbonyl (C=O) groups excluding carboxylic acids is 1. The summed E-state index contributed by atoms with van der Waals surface area (Å²) in [7, 11) is 0. The van der Waals surface area contributed by atoms with Crippen LogP contribution in [0.4, 0.5) is 19.0 Å². The fourth-order valence-corrected chi connectivity index (χ4v) is 3.03. The average molecular weight is 347 g/mol. The van der Waals surface area contributed by atoms with Crippen molar-refractivity contribution in [2.45, 2.75) is 18.9 Å². The summed E-state index contributed by atoms with van der Waals surface area (Å²) < 4.78 is 47.7. The minimum atomic E-state index is -1.55. The fraction of sp³-hybridized carbons (Fsp3) is 0.176. The van der Waals surface area contributed by atoms with E-state index in [-0.39, 0.29) is 24.4 Å². The Morgan fingerprint density at radius 2 is 2.04 bits per heavy atom. The monoisotopic (exact) mass is 347 g/mol. The van der Waals surface area contributed by atoms with Crippen molar-refractivity contribution in [3.8, 4) is 0 Å². The molecule has 5 nitrogen and oxygen atoms in total. The van der Waals surface area contributed by atoms with Crippen molar-refractivity contribution in [2.75, 3.05) is 5.32 Å². The molecule has 1 atom stereocenters. The van der Waals surface area contributed by atoms with Gasteiger partial charge in [-0.3, -0.25) is 4.79 Å². The molecule has 1 amide bonds. The molecule has 0 saturated carbocycles. The zero-order valence-electron chi connectivity index (χ0n) is 12.8. The number of furan rings is 1. The van der Waals surface area contributed by atoms with Gasteiger partial charge in [-0.15, -0.1) is 0 Å². The molecule has 2 aromatic heterocycles. The molecule has 1 aliphatic rings. The summed E-state index contributed by atoms with van der Waals surface area (Å²) in [6, 6.07) is 5.49. The average Bonchev–Trinajstić information content (AvgIpc) is 3.23. The summed E-state index contributed by atoms with van der Waals surface area (Å²) in [5.74, 6) is -4.19. The van der Waals surface area contributed by atoms with Crippen LogP contribution in [0.25, 0.3) is 0 Å². The van der Waals surface area contributed by atoms with Crippen LogP contribution in [0.15, 0.2) is 41.1 Å². The largest absolute Gasteiger partial charge is 0.467 e. The third kappa shape index (κ3) is 2.59. The predicted octanol–water partition coefficient (Wildman–Crippen LogP) is 3.42. The molecule has 0 unspecified atom stereocenters. The molecule has 128 valence electrons. The number of aromatic nitrogens is 2. The molecule has 3 heterocycles. The number of nitrogens with zero attached hydrogens (tertiary/aromatic N) is 2. The Kier molecular flexibility index (Phi) is 3.60. The first-order valence-electron chi connectivity index (χ1n) is 7.56. The predicted molar refractivity (Wildman–Crippen MR) is 81.4 cm³/mol. The van der Waals surface area contributed by atoms with Gasteiger partial charge in [0, 0.05) is 17.9 Å². The van der Waals surface area contributed by atoms with E-state index in [1.807, 2.05) is 0 Å². The Morgan fingerprint density at radius 1 is 1.20 bits per heavy atom. The molecule has 1 N–H and O–H groups in total. The Hall–Kier alpha value is -3.03. The first-order chi connectivity index (χ1) is 12.0. The summed E-state index contributed by atoms with van der Waals surface area (Å²) in [4.78, 5) is 12.1. The highest BCUT2D eigenvalue weighted by Crippen LogP contribution is 2.38. The number of amides is 1. The first kappa shape index (κ1) is 15.5. The van der Waals surface area contributed by atoms with Gasteiger partial charge in [0.25, 0.3) is 0 Å². The van der Waals surface area contributed by atoms with Crippen molar-refractivity contribution >= 4 is 11.7 Å². The molecule has 25 heavy (non-hydrogen) atoms. The van der Waals surface area contributed by atoms with Crippen molar-refractivity contribution in [3.05, 3.63) is 71.1 Å². The lowest BCUT2D eigenvalue weighted by molar-refractivity contribution is -0.116. The highest BCUT2D eigenvalue weighted by Gasteiger charge is 2.33. The van der Waals surface area contributed by atoms with E-state index < -0.39 is 23.4 Å². The lowest BCUT2D eigenvalue weighted by atomic mass is 9.87. The van der Waals surface area contributed by atoms with Gasteiger partial charge in [0.2, 0.25) is 5.91 Å². The van der Waals surface area contributed by atoms with Crippen LogP contribution >= 0.6 is 0 Å². The first-order valence-corrected chi connectivity index (χ1v) is 7.56. The van der Waals surface area contributed by atoms with Crippen molar-refractivity contribution in [1.29, 1.82) is 0 Å². The summed E-state index contributed by atoms with van der Waals surface area (Å²) in [6.45, 7) is 0.273. The summed E-state index contributed by atoms with van der Waals surface area (Å²) >= 11 is 0. The summed E-state index contributed by atoms with van der Waals surface area (Å²) in [6.07, 6.45) is 2.92. The van der Waals surface area contributed by atoms with Crippen molar-refractivity contribution < 1.29 is 22.4 Å². The van der Waals surface area contributed by atoms with Gasteiger partial charge in [-0.1, -0.05) is 6.07 Å². The lowest BCUT2D eigenvalue weighted by Crippen LogP contribution is -2.25. The standard InChI is InChI=1S/C17H12F3N3O2/c18-13-4-3-10(15(19)16(13)20)11-6-14(24)22-17-12(11)7-21-23(17)8-9-2-1-5-25-9/h1-5,7,11H,6,8H2,(H,22,24)/t11-/m1/s1. The summed E-state index contributed by atoms with van der Waals surface area (Å²) in [5, 5.41) is 6.90. The van der Waals surface area contributed by atoms with E-state index in [9.17, 15) is 18.0 Å². The zero-order valence-corrected chi connectivity index (χ0v) is 12.8. The molecule has 1 aromatic carbocycles. The van der Waals surface area contributed by atoms with Crippen LogP contribution in [0.2, 0.25) is 0 Å². The Morgan fingerprint density at radius 3 is 2.80 bits per heavy atom. The van der Waals surface area contributed by atoms with Gasteiger partial charge in [-0.05, 0) is 23.8 Å². The molecule has 4 rings (SSSR count). The minimum Gasteiger partial charge on any atom is -0.467 e. The third-order valence-electron chi connectivity index (χ3n) is 4.22. The maximum Gasteiger partial charge on any atom is 0.226 e. The van der Waals surface area contributed by atoms with Crippen molar-refractivity contribution in [3.63, 3.8) is 0 Å². The highest BCUT2D eigenvalue weighted by atomic mass is 19.2. The van der Waals surface area contributed by atoms with Crippen LogP contribution in [0, 0.1) is 17.5 Å². The van der Waals surface area contributed by atoms with Gasteiger partial charge in [0.15, 0.2) is 17.5 Å². The van der Waals surface area contributed by atoms with Crippen LogP contribution in [-0.4, -0.2) is 15.7 Å². The molecular formula is C17H12F3N3O2. The molecule has 0 bridgehead atoms. The molecule has 0 saturated heterocycles. The number of hydrogen-bond acceptors (Lipinski definition) is 3. The quantitative estimate of drug-likeness (QED) is 0.739. The van der Waals surface area contributed by atoms with E-state index in [1.165, 1.54) is 17.1 Å². The van der Waals surface area contributed by atoms with Gasteiger partial charge in [-0.25, -0.2) is 17.9 Å². The lowest BCUT2D eigenvalue weighted by Gasteiger charge is -2.24. The van der Waals surface area contributed by atoms with Crippen LogP contribution in [0.5, 0.6) is 0 Å². The molecule has 0 aliphatic carbocycles. The summed E-state index contributed by atoms with van der Waals surface area (Å²) in [5.41, 5.74) is 0.462. The van der Waals surface area contributed by atoms with E-state index in [2.05, 4.69) is 10.4 Å². The van der Waals surface area contributed by atoms with E-state index in [0.29, 0.717) is 17.1 Å². The Labute approximate surface area is 140 Å². The number of halogens is 3. The SMILES string of the molecule is O=C1C[C@H](c2ccc(F)c(F)c2F)c2cnn(Cc3ccco3)c2N1. The molecular weight excluding hydrogens is 335 g/mol. The fourth-order valence-electron chi connectivity index (χ4n) is 3.03. The topological polar surface area (TPSA) is 60.1 Å². The second-order valence-electron chi connectivity index (χ2n) is 5.75. The molecule has 0 spiro atoms. The number of carbonyl (C=O) groups is 1. The second-order valence-corrected chi connectivity index (χ2v) is 5.75. The zero-order chi connectivity index (χ0) is 17.6. The molecule has 1 aliphatic heterocycles. The van der Waals surface area contributed by atoms with Crippen molar-refractivity contribution in [1.82, 2.24) is 9.78 Å². The molecule has 8 heteroatoms. The van der Waals surface area contributed by atoms with Gasteiger partial charge in [0.05, 0.1) is 12.5 Å². The number of fused-ring (bicyclic) bond motifs is 1. The van der Waals surface area contributed by atoms with Crippen LogP contribution in [0.3, 0.4) is 0 Å². The van der Waals surface area contributed by atoms with E-state index >= 15 is 0 Å². The Bertz CT molecular complexity index is 950. The number of hydrogen-bond donors (Lipinski definition) is 1. The molecule has 3 aromatic rings. The van der Waals surface area contributed by atoms with E-state index in [0.717, 1.165) is 12.1 Å². The smallest absolute Gasteiger partial charge is 0.226 e. The highest BCUT2D eigenvalue weighted by molar-refractivity contribution is 5.94. The van der Waals surface area contributed by atoms with Gasteiger partial charge < -0.3 is 9.73 Å². The minimum absolute atomic E-state index is 0.0763. The van der Waals surface area contributed by atoms with Crippen LogP contribution in [0.1, 0.15) is 29.2 Å². The Balaban J connectivity index is 1.77. The van der Waals surface area contributed by atoms with Gasteiger partial charge in [-0.2, -0.15) is 5.10 Å². The number of benzene rings is 1. The van der Waals surface area contributed by atoms with E-state index in [4.69, 9.17) is 4.42 Å². The molecule has 0 fully saturated rings. The van der Waals surface area contributed by atoms with Crippen LogP contribution in [-0.2, 0) is 11.3 Å². The van der Waals surface area contributed by atoms with Crippen molar-refractivity contribution in [2.24, 2.45) is 0 Å². The maximum absolute atomic E-state index is 14.2.